The molecule has 1 aliphatic carbocycles. The molecule has 4 amide bonds. The summed E-state index contributed by atoms with van der Waals surface area (Å²) in [5.41, 5.74) is 1.26. The molecule has 0 bridgehead atoms. The monoisotopic (exact) mass is 386 g/mol. The van der Waals surface area contributed by atoms with Gasteiger partial charge in [0.15, 0.2) is 0 Å². The van der Waals surface area contributed by atoms with Gasteiger partial charge in [0.1, 0.15) is 12.1 Å². The molecule has 7 heteroatoms. The van der Waals surface area contributed by atoms with Gasteiger partial charge in [0, 0.05) is 33.4 Å². The van der Waals surface area contributed by atoms with Crippen LogP contribution in [0.2, 0.25) is 0 Å². The summed E-state index contributed by atoms with van der Waals surface area (Å²) in [6.07, 6.45) is 3.55. The van der Waals surface area contributed by atoms with E-state index < -0.39 is 11.6 Å². The Morgan fingerprint density at radius 2 is 1.86 bits per heavy atom. The SMILES string of the molecule is C[C@H]1CCCC[C@]12NC(=O)N(CC(=O)N(C)Cc1ccc(N(C)C)cc1)C2=O. The number of benzene rings is 1. The van der Waals surface area contributed by atoms with E-state index in [0.29, 0.717) is 13.0 Å². The lowest BCUT2D eigenvalue weighted by molar-refractivity contribution is -0.140. The highest BCUT2D eigenvalue weighted by molar-refractivity contribution is 6.09. The summed E-state index contributed by atoms with van der Waals surface area (Å²) < 4.78 is 0. The maximum absolute atomic E-state index is 13.0. The number of nitrogens with zero attached hydrogens (tertiary/aromatic N) is 3. The summed E-state index contributed by atoms with van der Waals surface area (Å²) in [5.74, 6) is -0.409. The number of amides is 4. The largest absolute Gasteiger partial charge is 0.378 e. The van der Waals surface area contributed by atoms with Crippen LogP contribution >= 0.6 is 0 Å². The predicted molar refractivity (Wildman–Crippen MR) is 108 cm³/mol. The van der Waals surface area contributed by atoms with E-state index in [1.165, 1.54) is 0 Å². The van der Waals surface area contributed by atoms with Crippen molar-refractivity contribution in [3.63, 3.8) is 0 Å². The van der Waals surface area contributed by atoms with Crippen molar-refractivity contribution in [2.24, 2.45) is 5.92 Å². The van der Waals surface area contributed by atoms with Crippen LogP contribution in [0.5, 0.6) is 0 Å². The number of likely N-dealkylation sites (N-methyl/N-ethyl adjacent to an activating group) is 1. The fourth-order valence-electron chi connectivity index (χ4n) is 4.16. The minimum atomic E-state index is -0.823. The Bertz CT molecular complexity index is 761. The maximum Gasteiger partial charge on any atom is 0.325 e. The van der Waals surface area contributed by atoms with Crippen LogP contribution in [0.4, 0.5) is 10.5 Å². The zero-order valence-electron chi connectivity index (χ0n) is 17.2. The molecular formula is C21H30N4O3. The molecule has 1 aliphatic heterocycles. The van der Waals surface area contributed by atoms with Crippen molar-refractivity contribution < 1.29 is 14.4 Å². The lowest BCUT2D eigenvalue weighted by atomic mass is 9.73. The van der Waals surface area contributed by atoms with Crippen LogP contribution in [0, 0.1) is 5.92 Å². The van der Waals surface area contributed by atoms with Gasteiger partial charge in [-0.3, -0.25) is 14.5 Å². The molecule has 1 aromatic rings. The van der Waals surface area contributed by atoms with Gasteiger partial charge in [-0.2, -0.15) is 0 Å². The molecule has 2 atom stereocenters. The standard InChI is InChI=1S/C21H30N4O3/c1-15-7-5-6-12-21(15)19(27)25(20(28)22-21)14-18(26)24(4)13-16-8-10-17(11-9-16)23(2)3/h8-11,15H,5-7,12-14H2,1-4H3,(H,22,28)/t15-,21-/m0/s1. The highest BCUT2D eigenvalue weighted by atomic mass is 16.2. The minimum absolute atomic E-state index is 0.0887. The van der Waals surface area contributed by atoms with Crippen molar-refractivity contribution >= 4 is 23.5 Å². The average molecular weight is 386 g/mol. The molecule has 28 heavy (non-hydrogen) atoms. The maximum atomic E-state index is 13.0. The second kappa shape index (κ2) is 7.81. The fraction of sp³-hybridized carbons (Fsp3) is 0.571. The van der Waals surface area contributed by atoms with Crippen LogP contribution in [0.1, 0.15) is 38.2 Å². The highest BCUT2D eigenvalue weighted by Gasteiger charge is 2.55. The number of rotatable bonds is 5. The summed E-state index contributed by atoms with van der Waals surface area (Å²) >= 11 is 0. The van der Waals surface area contributed by atoms with E-state index in [2.05, 4.69) is 5.32 Å². The van der Waals surface area contributed by atoms with Crippen LogP contribution in [-0.2, 0) is 16.1 Å². The van der Waals surface area contributed by atoms with Gasteiger partial charge in [-0.05, 0) is 36.5 Å². The molecule has 1 N–H and O–H groups in total. The molecule has 1 saturated heterocycles. The molecule has 2 aliphatic rings. The Hall–Kier alpha value is -2.57. The smallest absolute Gasteiger partial charge is 0.325 e. The topological polar surface area (TPSA) is 73.0 Å². The predicted octanol–water partition coefficient (Wildman–Crippen LogP) is 2.21. The zero-order valence-corrected chi connectivity index (χ0v) is 17.2. The van der Waals surface area contributed by atoms with Crippen molar-refractivity contribution in [1.29, 1.82) is 0 Å². The quantitative estimate of drug-likeness (QED) is 0.788. The van der Waals surface area contributed by atoms with E-state index in [4.69, 9.17) is 0 Å². The number of anilines is 1. The summed E-state index contributed by atoms with van der Waals surface area (Å²) in [6, 6.07) is 7.51. The van der Waals surface area contributed by atoms with Crippen molar-refractivity contribution in [3.05, 3.63) is 29.8 Å². The number of nitrogens with one attached hydrogen (secondary N) is 1. The van der Waals surface area contributed by atoms with Crippen LogP contribution in [0.15, 0.2) is 24.3 Å². The lowest BCUT2D eigenvalue weighted by Crippen LogP contribution is -2.54. The van der Waals surface area contributed by atoms with Crippen molar-refractivity contribution in [2.45, 2.75) is 44.7 Å². The van der Waals surface area contributed by atoms with Gasteiger partial charge >= 0.3 is 6.03 Å². The molecular weight excluding hydrogens is 356 g/mol. The van der Waals surface area contributed by atoms with E-state index in [0.717, 1.165) is 35.4 Å². The van der Waals surface area contributed by atoms with E-state index >= 15 is 0 Å². The molecule has 3 rings (SSSR count). The molecule has 1 saturated carbocycles. The second-order valence-corrected chi connectivity index (χ2v) is 8.25. The zero-order chi connectivity index (χ0) is 20.5. The number of hydrogen-bond donors (Lipinski definition) is 1. The van der Waals surface area contributed by atoms with Gasteiger partial charge in [-0.25, -0.2) is 4.79 Å². The first kappa shape index (κ1) is 20.2. The summed E-state index contributed by atoms with van der Waals surface area (Å²) in [7, 11) is 5.64. The number of carbonyl (C=O) groups is 3. The Balaban J connectivity index is 1.63. The molecule has 0 unspecified atom stereocenters. The Kier molecular flexibility index (Phi) is 5.63. The molecule has 152 valence electrons. The molecule has 2 fully saturated rings. The molecule has 0 aromatic heterocycles. The van der Waals surface area contributed by atoms with Gasteiger partial charge in [0.05, 0.1) is 0 Å². The highest BCUT2D eigenvalue weighted by Crippen LogP contribution is 2.38. The molecule has 1 heterocycles. The minimum Gasteiger partial charge on any atom is -0.378 e. The van der Waals surface area contributed by atoms with E-state index in [-0.39, 0.29) is 24.3 Å². The number of carbonyl (C=O) groups excluding carboxylic acids is 3. The molecule has 0 radical (unpaired) electrons. The van der Waals surface area contributed by atoms with Crippen LogP contribution < -0.4 is 10.2 Å². The summed E-state index contributed by atoms with van der Waals surface area (Å²) in [6.45, 7) is 2.22. The Morgan fingerprint density at radius 1 is 1.18 bits per heavy atom. The summed E-state index contributed by atoms with van der Waals surface area (Å²) in [4.78, 5) is 42.8. The van der Waals surface area contributed by atoms with Crippen LogP contribution in [-0.4, -0.2) is 60.9 Å². The van der Waals surface area contributed by atoms with Crippen molar-refractivity contribution in [1.82, 2.24) is 15.1 Å². The first-order chi connectivity index (χ1) is 13.2. The van der Waals surface area contributed by atoms with Gasteiger partial charge < -0.3 is 15.1 Å². The third-order valence-electron chi connectivity index (χ3n) is 6.09. The molecule has 7 nitrogen and oxygen atoms in total. The van der Waals surface area contributed by atoms with Gasteiger partial charge in [0.25, 0.3) is 5.91 Å². The normalized spacial score (nSPS) is 24.4. The van der Waals surface area contributed by atoms with Gasteiger partial charge in [-0.15, -0.1) is 0 Å². The van der Waals surface area contributed by atoms with Crippen molar-refractivity contribution in [2.75, 3.05) is 32.6 Å². The van der Waals surface area contributed by atoms with Crippen LogP contribution in [0.25, 0.3) is 0 Å². The number of hydrogen-bond acceptors (Lipinski definition) is 4. The number of imide groups is 1. The first-order valence-corrected chi connectivity index (χ1v) is 9.89. The third-order valence-corrected chi connectivity index (χ3v) is 6.09. The lowest BCUT2D eigenvalue weighted by Gasteiger charge is -2.36. The molecule has 1 aromatic carbocycles. The second-order valence-electron chi connectivity index (χ2n) is 8.25. The fourth-order valence-corrected chi connectivity index (χ4v) is 4.16. The Labute approximate surface area is 166 Å². The third kappa shape index (κ3) is 3.70. The van der Waals surface area contributed by atoms with E-state index in [9.17, 15) is 14.4 Å². The number of urea groups is 1. The van der Waals surface area contributed by atoms with Gasteiger partial charge in [-0.1, -0.05) is 31.9 Å². The van der Waals surface area contributed by atoms with Crippen molar-refractivity contribution in [3.8, 4) is 0 Å². The van der Waals surface area contributed by atoms with E-state index in [1.807, 2.05) is 50.2 Å². The van der Waals surface area contributed by atoms with E-state index in [1.54, 1.807) is 11.9 Å². The van der Waals surface area contributed by atoms with Gasteiger partial charge in [0.2, 0.25) is 5.91 Å². The summed E-state index contributed by atoms with van der Waals surface area (Å²) in [5, 5.41) is 2.89. The molecule has 1 spiro atoms. The Morgan fingerprint density at radius 3 is 2.46 bits per heavy atom. The van der Waals surface area contributed by atoms with Crippen LogP contribution in [0.3, 0.4) is 0 Å². The average Bonchev–Trinajstić information content (AvgIpc) is 2.89. The first-order valence-electron chi connectivity index (χ1n) is 9.89.